The molecule has 0 heterocycles. The fraction of sp³-hybridized carbons (Fsp3) is 0.778. The maximum absolute atomic E-state index is 4.37. The molecule has 1 aliphatic carbocycles. The van der Waals surface area contributed by atoms with Crippen LogP contribution in [0.25, 0.3) is 0 Å². The molecule has 11 heavy (non-hydrogen) atoms. The molecule has 0 aromatic rings. The van der Waals surface area contributed by atoms with Crippen molar-refractivity contribution in [2.24, 2.45) is 9.98 Å². The fourth-order valence-corrected chi connectivity index (χ4v) is 1.60. The third kappa shape index (κ3) is 2.45. The molecule has 0 amide bonds. The molecule has 1 aliphatic rings. The second-order valence-electron chi connectivity index (χ2n) is 3.05. The van der Waals surface area contributed by atoms with Gasteiger partial charge in [0.1, 0.15) is 0 Å². The summed E-state index contributed by atoms with van der Waals surface area (Å²) < 4.78 is 0. The maximum Gasteiger partial charge on any atom is 0.0497 e. The number of aliphatic imine (C=N–C) groups is 2. The first kappa shape index (κ1) is 8.44. The first-order valence-corrected chi connectivity index (χ1v) is 4.30. The second-order valence-corrected chi connectivity index (χ2v) is 3.05. The third-order valence-corrected chi connectivity index (χ3v) is 2.28. The van der Waals surface area contributed by atoms with Crippen LogP contribution in [-0.2, 0) is 0 Å². The van der Waals surface area contributed by atoms with E-state index in [4.69, 9.17) is 0 Å². The Bertz CT molecular complexity index is 144. The Balaban J connectivity index is 2.29. The number of hydrogen-bond acceptors (Lipinski definition) is 2. The van der Waals surface area contributed by atoms with E-state index in [-0.39, 0.29) is 0 Å². The zero-order chi connectivity index (χ0) is 8.10. The van der Waals surface area contributed by atoms with E-state index < -0.39 is 0 Å². The Morgan fingerprint density at radius 1 is 1.18 bits per heavy atom. The molecule has 1 fully saturated rings. The van der Waals surface area contributed by atoms with Crippen LogP contribution in [0.5, 0.6) is 0 Å². The van der Waals surface area contributed by atoms with E-state index in [0.717, 1.165) is 0 Å². The lowest BCUT2D eigenvalue weighted by Gasteiger charge is -2.22. The predicted molar refractivity (Wildman–Crippen MR) is 49.8 cm³/mol. The largest absolute Gasteiger partial charge is 0.298 e. The van der Waals surface area contributed by atoms with Crippen molar-refractivity contribution in [3.8, 4) is 0 Å². The van der Waals surface area contributed by atoms with Crippen molar-refractivity contribution >= 4 is 12.9 Å². The molecular weight excluding hydrogens is 136 g/mol. The summed E-state index contributed by atoms with van der Waals surface area (Å²) in [6.45, 7) is 5.55. The summed E-state index contributed by atoms with van der Waals surface area (Å²) >= 11 is 0. The summed E-state index contributed by atoms with van der Waals surface area (Å²) in [7, 11) is 0. The average molecular weight is 152 g/mol. The quantitative estimate of drug-likeness (QED) is 0.541. The Morgan fingerprint density at radius 2 is 1.73 bits per heavy atom. The molecular formula is C9H16N2. The van der Waals surface area contributed by atoms with Gasteiger partial charge in [-0.2, -0.15) is 0 Å². The van der Waals surface area contributed by atoms with Crippen LogP contribution in [0.4, 0.5) is 0 Å². The van der Waals surface area contributed by atoms with Gasteiger partial charge in [-0.3, -0.25) is 9.98 Å². The summed E-state index contributed by atoms with van der Waals surface area (Å²) in [5, 5.41) is 0. The number of hydrogen-bond donors (Lipinski definition) is 0. The van der Waals surface area contributed by atoms with Gasteiger partial charge in [-0.1, -0.05) is 0 Å². The van der Waals surface area contributed by atoms with Crippen LogP contribution in [-0.4, -0.2) is 25.0 Å². The highest BCUT2D eigenvalue weighted by Crippen LogP contribution is 2.22. The summed E-state index contributed by atoms with van der Waals surface area (Å²) in [6, 6.07) is 1.08. The SMILES string of the molecule is C=NC1CCC(N=CC)CC1. The van der Waals surface area contributed by atoms with Crippen molar-refractivity contribution in [3.05, 3.63) is 0 Å². The van der Waals surface area contributed by atoms with Crippen molar-refractivity contribution in [3.63, 3.8) is 0 Å². The molecule has 0 bridgehead atoms. The third-order valence-electron chi connectivity index (χ3n) is 2.28. The van der Waals surface area contributed by atoms with E-state index in [1.165, 1.54) is 25.7 Å². The Morgan fingerprint density at radius 3 is 2.18 bits per heavy atom. The van der Waals surface area contributed by atoms with E-state index >= 15 is 0 Å². The number of rotatable bonds is 2. The zero-order valence-electron chi connectivity index (χ0n) is 7.16. The van der Waals surface area contributed by atoms with Gasteiger partial charge in [0.2, 0.25) is 0 Å². The van der Waals surface area contributed by atoms with Gasteiger partial charge >= 0.3 is 0 Å². The van der Waals surface area contributed by atoms with Crippen molar-refractivity contribution in [1.82, 2.24) is 0 Å². The zero-order valence-corrected chi connectivity index (χ0v) is 7.16. The maximum atomic E-state index is 4.37. The summed E-state index contributed by atoms with van der Waals surface area (Å²) in [4.78, 5) is 8.41. The molecule has 0 N–H and O–H groups in total. The molecule has 0 saturated heterocycles. The van der Waals surface area contributed by atoms with Crippen LogP contribution < -0.4 is 0 Å². The smallest absolute Gasteiger partial charge is 0.0497 e. The van der Waals surface area contributed by atoms with Crippen LogP contribution in [0.3, 0.4) is 0 Å². The van der Waals surface area contributed by atoms with Gasteiger partial charge in [0.05, 0.1) is 0 Å². The standard InChI is InChI=1S/C9H16N2/c1-3-11-9-6-4-8(10-2)5-7-9/h3,8-9H,2,4-7H2,1H3. The van der Waals surface area contributed by atoms with E-state index in [2.05, 4.69) is 16.7 Å². The van der Waals surface area contributed by atoms with E-state index in [0.29, 0.717) is 12.1 Å². The normalized spacial score (nSPS) is 32.5. The molecule has 2 heteroatoms. The summed E-state index contributed by atoms with van der Waals surface area (Å²) in [5.74, 6) is 0. The first-order valence-electron chi connectivity index (χ1n) is 4.30. The van der Waals surface area contributed by atoms with E-state index in [9.17, 15) is 0 Å². The highest BCUT2D eigenvalue weighted by atomic mass is 14.8. The molecule has 0 aromatic heterocycles. The molecule has 62 valence electrons. The van der Waals surface area contributed by atoms with Crippen LogP contribution in [0.1, 0.15) is 32.6 Å². The van der Waals surface area contributed by atoms with Crippen molar-refractivity contribution in [1.29, 1.82) is 0 Å². The lowest BCUT2D eigenvalue weighted by Crippen LogP contribution is -2.19. The van der Waals surface area contributed by atoms with Crippen LogP contribution >= 0.6 is 0 Å². The van der Waals surface area contributed by atoms with Crippen LogP contribution in [0.15, 0.2) is 9.98 Å². The van der Waals surface area contributed by atoms with E-state index in [1.807, 2.05) is 13.1 Å². The fourth-order valence-electron chi connectivity index (χ4n) is 1.60. The molecule has 0 radical (unpaired) electrons. The van der Waals surface area contributed by atoms with Gasteiger partial charge in [0.25, 0.3) is 0 Å². The second kappa shape index (κ2) is 4.27. The van der Waals surface area contributed by atoms with Gasteiger partial charge in [-0.15, -0.1) is 0 Å². The van der Waals surface area contributed by atoms with Gasteiger partial charge in [0.15, 0.2) is 0 Å². The van der Waals surface area contributed by atoms with Crippen molar-refractivity contribution in [2.45, 2.75) is 44.7 Å². The molecule has 1 saturated carbocycles. The molecule has 0 aromatic carbocycles. The average Bonchev–Trinajstić information content (AvgIpc) is 2.07. The lowest BCUT2D eigenvalue weighted by atomic mass is 9.92. The summed E-state index contributed by atoms with van der Waals surface area (Å²) in [6.07, 6.45) is 6.63. The van der Waals surface area contributed by atoms with Gasteiger partial charge < -0.3 is 0 Å². The molecule has 0 spiro atoms. The highest BCUT2D eigenvalue weighted by Gasteiger charge is 2.18. The summed E-state index contributed by atoms with van der Waals surface area (Å²) in [5.41, 5.74) is 0. The number of nitrogens with zero attached hydrogens (tertiary/aromatic N) is 2. The first-order chi connectivity index (χ1) is 5.36. The van der Waals surface area contributed by atoms with Crippen molar-refractivity contribution in [2.75, 3.05) is 0 Å². The van der Waals surface area contributed by atoms with Crippen LogP contribution in [0, 0.1) is 0 Å². The molecule has 0 aliphatic heterocycles. The predicted octanol–water partition coefficient (Wildman–Crippen LogP) is 2.09. The minimum Gasteiger partial charge on any atom is -0.298 e. The van der Waals surface area contributed by atoms with Gasteiger partial charge in [0, 0.05) is 12.1 Å². The molecule has 0 atom stereocenters. The van der Waals surface area contributed by atoms with E-state index in [1.54, 1.807) is 0 Å². The van der Waals surface area contributed by atoms with Crippen molar-refractivity contribution < 1.29 is 0 Å². The Labute approximate surface area is 68.4 Å². The van der Waals surface area contributed by atoms with Gasteiger partial charge in [-0.05, 0) is 45.5 Å². The minimum absolute atomic E-state index is 0.512. The minimum atomic E-state index is 0.512. The Hall–Kier alpha value is -0.660. The topological polar surface area (TPSA) is 24.7 Å². The highest BCUT2D eigenvalue weighted by molar-refractivity contribution is 5.53. The molecule has 0 unspecified atom stereocenters. The Kier molecular flexibility index (Phi) is 3.27. The molecule has 1 rings (SSSR count). The lowest BCUT2D eigenvalue weighted by molar-refractivity contribution is 0.400. The van der Waals surface area contributed by atoms with Crippen LogP contribution in [0.2, 0.25) is 0 Å². The van der Waals surface area contributed by atoms with Gasteiger partial charge in [-0.25, -0.2) is 0 Å². The molecule has 2 nitrogen and oxygen atoms in total. The monoisotopic (exact) mass is 152 g/mol.